The minimum atomic E-state index is -0.108. The van der Waals surface area contributed by atoms with Crippen LogP contribution < -0.4 is 11.3 Å². The minimum absolute atomic E-state index is 0.108. The van der Waals surface area contributed by atoms with E-state index in [1.807, 2.05) is 31.2 Å². The van der Waals surface area contributed by atoms with Gasteiger partial charge in [-0.15, -0.1) is 0 Å². The second-order valence-electron chi connectivity index (χ2n) is 3.62. The van der Waals surface area contributed by atoms with Gasteiger partial charge in [0.15, 0.2) is 0 Å². The van der Waals surface area contributed by atoms with Gasteiger partial charge in [-0.25, -0.2) is 5.43 Å². The summed E-state index contributed by atoms with van der Waals surface area (Å²) in [5, 5.41) is 0. The van der Waals surface area contributed by atoms with Gasteiger partial charge >= 0.3 is 0 Å². The van der Waals surface area contributed by atoms with Crippen molar-refractivity contribution in [3.63, 3.8) is 0 Å². The maximum absolute atomic E-state index is 5.58. The van der Waals surface area contributed by atoms with Crippen LogP contribution in [0.1, 0.15) is 22.9 Å². The highest BCUT2D eigenvalue weighted by atomic mass is 79.9. The first-order chi connectivity index (χ1) is 7.72. The summed E-state index contributed by atoms with van der Waals surface area (Å²) in [7, 11) is 0. The SMILES string of the molecule is Cc1cc(Br)ccc1C(NN)c1ccco1. The zero-order valence-corrected chi connectivity index (χ0v) is 10.5. The molecular weight excluding hydrogens is 268 g/mol. The maximum Gasteiger partial charge on any atom is 0.126 e. The summed E-state index contributed by atoms with van der Waals surface area (Å²) in [5.74, 6) is 6.39. The summed E-state index contributed by atoms with van der Waals surface area (Å²) in [4.78, 5) is 0. The van der Waals surface area contributed by atoms with E-state index in [0.29, 0.717) is 0 Å². The zero-order chi connectivity index (χ0) is 11.5. The first kappa shape index (κ1) is 11.4. The first-order valence-electron chi connectivity index (χ1n) is 4.98. The molecule has 0 saturated carbocycles. The highest BCUT2D eigenvalue weighted by molar-refractivity contribution is 9.10. The van der Waals surface area contributed by atoms with Gasteiger partial charge < -0.3 is 4.42 Å². The molecule has 1 atom stereocenters. The molecule has 0 bridgehead atoms. The fourth-order valence-corrected chi connectivity index (χ4v) is 2.22. The van der Waals surface area contributed by atoms with Gasteiger partial charge in [0, 0.05) is 4.47 Å². The molecule has 0 aliphatic rings. The smallest absolute Gasteiger partial charge is 0.126 e. The van der Waals surface area contributed by atoms with E-state index in [9.17, 15) is 0 Å². The molecule has 0 fully saturated rings. The highest BCUT2D eigenvalue weighted by Crippen LogP contribution is 2.26. The maximum atomic E-state index is 5.58. The summed E-state index contributed by atoms with van der Waals surface area (Å²) in [6, 6.07) is 9.74. The van der Waals surface area contributed by atoms with E-state index in [1.165, 1.54) is 0 Å². The lowest BCUT2D eigenvalue weighted by Gasteiger charge is -2.16. The van der Waals surface area contributed by atoms with Gasteiger partial charge in [0.25, 0.3) is 0 Å². The molecule has 16 heavy (non-hydrogen) atoms. The number of benzene rings is 1. The van der Waals surface area contributed by atoms with E-state index in [0.717, 1.165) is 21.4 Å². The Hall–Kier alpha value is -1.10. The predicted octanol–water partition coefficient (Wildman–Crippen LogP) is 2.90. The van der Waals surface area contributed by atoms with Crippen LogP contribution in [0.5, 0.6) is 0 Å². The molecular formula is C12H13BrN2O. The lowest BCUT2D eigenvalue weighted by atomic mass is 10.00. The minimum Gasteiger partial charge on any atom is -0.467 e. The Bertz CT molecular complexity index is 468. The molecule has 0 amide bonds. The molecule has 0 radical (unpaired) electrons. The third-order valence-electron chi connectivity index (χ3n) is 2.54. The number of hydrazine groups is 1. The van der Waals surface area contributed by atoms with Crippen LogP contribution in [0.15, 0.2) is 45.5 Å². The standard InChI is InChI=1S/C12H13BrN2O/c1-8-7-9(13)4-5-10(8)12(15-14)11-3-2-6-16-11/h2-7,12,15H,14H2,1H3. The van der Waals surface area contributed by atoms with Gasteiger partial charge in [-0.2, -0.15) is 0 Å². The number of rotatable bonds is 3. The average molecular weight is 281 g/mol. The van der Waals surface area contributed by atoms with Gasteiger partial charge in [0.2, 0.25) is 0 Å². The van der Waals surface area contributed by atoms with Crippen molar-refractivity contribution < 1.29 is 4.42 Å². The normalized spacial score (nSPS) is 12.7. The van der Waals surface area contributed by atoms with Gasteiger partial charge in [0.05, 0.1) is 6.26 Å². The van der Waals surface area contributed by atoms with Crippen molar-refractivity contribution in [3.8, 4) is 0 Å². The van der Waals surface area contributed by atoms with Crippen molar-refractivity contribution in [1.82, 2.24) is 5.43 Å². The number of halogens is 1. The lowest BCUT2D eigenvalue weighted by Crippen LogP contribution is -2.29. The monoisotopic (exact) mass is 280 g/mol. The van der Waals surface area contributed by atoms with Gasteiger partial charge in [-0.3, -0.25) is 5.84 Å². The number of hydrogen-bond acceptors (Lipinski definition) is 3. The second kappa shape index (κ2) is 4.82. The Morgan fingerprint density at radius 2 is 2.19 bits per heavy atom. The Labute approximate surface area is 103 Å². The number of furan rings is 1. The van der Waals surface area contributed by atoms with Crippen LogP contribution in [0.3, 0.4) is 0 Å². The summed E-state index contributed by atoms with van der Waals surface area (Å²) in [6.07, 6.45) is 1.65. The van der Waals surface area contributed by atoms with Crippen molar-refractivity contribution in [1.29, 1.82) is 0 Å². The Morgan fingerprint density at radius 1 is 1.38 bits per heavy atom. The van der Waals surface area contributed by atoms with Crippen molar-refractivity contribution in [2.24, 2.45) is 5.84 Å². The largest absolute Gasteiger partial charge is 0.467 e. The van der Waals surface area contributed by atoms with E-state index in [2.05, 4.69) is 27.4 Å². The molecule has 0 saturated heterocycles. The third-order valence-corrected chi connectivity index (χ3v) is 3.03. The predicted molar refractivity (Wildman–Crippen MR) is 66.8 cm³/mol. The average Bonchev–Trinajstić information content (AvgIpc) is 2.75. The molecule has 3 N–H and O–H groups in total. The molecule has 1 heterocycles. The van der Waals surface area contributed by atoms with E-state index in [1.54, 1.807) is 6.26 Å². The van der Waals surface area contributed by atoms with Crippen LogP contribution in [0.25, 0.3) is 0 Å². The molecule has 84 valence electrons. The summed E-state index contributed by atoms with van der Waals surface area (Å²) in [5.41, 5.74) is 5.04. The summed E-state index contributed by atoms with van der Waals surface area (Å²) >= 11 is 3.44. The fourth-order valence-electron chi connectivity index (χ4n) is 1.74. The van der Waals surface area contributed by atoms with E-state index >= 15 is 0 Å². The fraction of sp³-hybridized carbons (Fsp3) is 0.167. The van der Waals surface area contributed by atoms with Crippen LogP contribution >= 0.6 is 15.9 Å². The molecule has 2 rings (SSSR count). The van der Waals surface area contributed by atoms with Crippen LogP contribution in [0, 0.1) is 6.92 Å². The van der Waals surface area contributed by atoms with Crippen molar-refractivity contribution in [3.05, 3.63) is 58.0 Å². The van der Waals surface area contributed by atoms with Crippen LogP contribution in [-0.4, -0.2) is 0 Å². The van der Waals surface area contributed by atoms with Crippen LogP contribution in [0.2, 0.25) is 0 Å². The topological polar surface area (TPSA) is 51.2 Å². The first-order valence-corrected chi connectivity index (χ1v) is 5.77. The number of aryl methyl sites for hydroxylation is 1. The van der Waals surface area contributed by atoms with Crippen molar-refractivity contribution in [2.75, 3.05) is 0 Å². The molecule has 0 aliphatic carbocycles. The van der Waals surface area contributed by atoms with Crippen LogP contribution in [-0.2, 0) is 0 Å². The van der Waals surface area contributed by atoms with Gasteiger partial charge in [0.1, 0.15) is 11.8 Å². The Balaban J connectivity index is 2.41. The molecule has 0 spiro atoms. The molecule has 4 heteroatoms. The quantitative estimate of drug-likeness (QED) is 0.672. The molecule has 1 unspecified atom stereocenters. The molecule has 0 aliphatic heterocycles. The van der Waals surface area contributed by atoms with E-state index < -0.39 is 0 Å². The Morgan fingerprint density at radius 3 is 2.75 bits per heavy atom. The van der Waals surface area contributed by atoms with E-state index in [4.69, 9.17) is 10.3 Å². The number of hydrogen-bond donors (Lipinski definition) is 2. The van der Waals surface area contributed by atoms with E-state index in [-0.39, 0.29) is 6.04 Å². The highest BCUT2D eigenvalue weighted by Gasteiger charge is 2.16. The van der Waals surface area contributed by atoms with Gasteiger partial charge in [-0.05, 0) is 42.3 Å². The number of nitrogens with one attached hydrogen (secondary N) is 1. The molecule has 1 aromatic heterocycles. The van der Waals surface area contributed by atoms with Crippen molar-refractivity contribution in [2.45, 2.75) is 13.0 Å². The van der Waals surface area contributed by atoms with Gasteiger partial charge in [-0.1, -0.05) is 22.0 Å². The Kier molecular flexibility index (Phi) is 3.43. The van der Waals surface area contributed by atoms with Crippen LogP contribution in [0.4, 0.5) is 0 Å². The summed E-state index contributed by atoms with van der Waals surface area (Å²) in [6.45, 7) is 2.05. The summed E-state index contributed by atoms with van der Waals surface area (Å²) < 4.78 is 6.43. The zero-order valence-electron chi connectivity index (χ0n) is 8.91. The number of nitrogens with two attached hydrogens (primary N) is 1. The molecule has 1 aromatic carbocycles. The molecule has 3 nitrogen and oxygen atoms in total. The third kappa shape index (κ3) is 2.19. The molecule has 2 aromatic rings. The second-order valence-corrected chi connectivity index (χ2v) is 4.53. The lowest BCUT2D eigenvalue weighted by molar-refractivity contribution is 0.451. The van der Waals surface area contributed by atoms with Crippen molar-refractivity contribution >= 4 is 15.9 Å².